The van der Waals surface area contributed by atoms with Crippen molar-refractivity contribution in [2.45, 2.75) is 95.3 Å². The standard InChI is InChI=1S/C36H42O11/c1-19-23(38)17-35(33(3,4)43)26(19)27(39)29(40)34(5)24(45-31(41)21-12-8-6-9-13-21)16-25-36(18-44-25,47-20(2)37)28(34)30(35)46-32(42)22-14-10-7-11-15-22/h6-15,23-25,27-30,38-40,43H,16-18H2,1-5H3. The van der Waals surface area contributed by atoms with E-state index in [0.29, 0.717) is 5.57 Å². The molecule has 1 heterocycles. The zero-order chi connectivity index (χ0) is 34.1. The first-order chi connectivity index (χ1) is 22.1. The quantitative estimate of drug-likeness (QED) is 0.206. The lowest BCUT2D eigenvalue weighted by Crippen LogP contribution is -2.79. The smallest absolute Gasteiger partial charge is 0.338 e. The molecular weight excluding hydrogens is 608 g/mol. The lowest BCUT2D eigenvalue weighted by Gasteiger charge is -2.65. The first-order valence-corrected chi connectivity index (χ1v) is 15.9. The molecule has 4 N–H and O–H groups in total. The second-order valence-electron chi connectivity index (χ2n) is 14.1. The van der Waals surface area contributed by atoms with E-state index in [2.05, 4.69) is 0 Å². The van der Waals surface area contributed by atoms with E-state index in [1.54, 1.807) is 74.5 Å². The maximum Gasteiger partial charge on any atom is 0.338 e. The van der Waals surface area contributed by atoms with Crippen molar-refractivity contribution in [1.29, 1.82) is 0 Å². The normalized spacial score (nSPS) is 37.8. The Bertz CT molecular complexity index is 1580. The fourth-order valence-electron chi connectivity index (χ4n) is 8.93. The van der Waals surface area contributed by atoms with Gasteiger partial charge in [-0.15, -0.1) is 0 Å². The number of esters is 3. The van der Waals surface area contributed by atoms with Crippen molar-refractivity contribution >= 4 is 17.9 Å². The van der Waals surface area contributed by atoms with E-state index in [9.17, 15) is 34.8 Å². The van der Waals surface area contributed by atoms with E-state index in [1.165, 1.54) is 20.8 Å². The molecule has 11 nitrogen and oxygen atoms in total. The molecule has 0 bridgehead atoms. The number of aliphatic hydroxyl groups is 4. The SMILES string of the molecule is CC(=O)OC12COC1CC(OC(=O)c1ccccc1)C1(C)C(O)C(O)C3=C(C)C(O)CC3(C(C)(C)O)C(OC(=O)c3ccccc3)C21. The summed E-state index contributed by atoms with van der Waals surface area (Å²) < 4.78 is 24.7. The number of carbonyl (C=O) groups excluding carboxylic acids is 3. The van der Waals surface area contributed by atoms with Crippen molar-refractivity contribution < 1.29 is 53.8 Å². The molecule has 10 unspecified atom stereocenters. The van der Waals surface area contributed by atoms with Crippen molar-refractivity contribution in [2.75, 3.05) is 6.61 Å². The Balaban J connectivity index is 1.63. The van der Waals surface area contributed by atoms with Crippen LogP contribution in [0.4, 0.5) is 0 Å². The van der Waals surface area contributed by atoms with Gasteiger partial charge in [-0.1, -0.05) is 43.3 Å². The Labute approximate surface area is 273 Å². The molecule has 1 aliphatic heterocycles. The van der Waals surface area contributed by atoms with Gasteiger partial charge in [0.15, 0.2) is 5.60 Å². The van der Waals surface area contributed by atoms with Gasteiger partial charge in [-0.3, -0.25) is 4.79 Å². The number of carbonyl (C=O) groups is 3. The highest BCUT2D eigenvalue weighted by molar-refractivity contribution is 5.90. The van der Waals surface area contributed by atoms with E-state index in [0.717, 1.165) is 0 Å². The first-order valence-electron chi connectivity index (χ1n) is 15.9. The Morgan fingerprint density at radius 1 is 0.915 bits per heavy atom. The number of hydrogen-bond donors (Lipinski definition) is 4. The molecule has 4 aliphatic rings. The number of ether oxygens (including phenoxy) is 4. The summed E-state index contributed by atoms with van der Waals surface area (Å²) in [6.45, 7) is 7.28. The van der Waals surface area contributed by atoms with Crippen LogP contribution >= 0.6 is 0 Å². The van der Waals surface area contributed by atoms with Gasteiger partial charge in [0.05, 0.1) is 46.9 Å². The Hall–Kier alpha value is -3.61. The van der Waals surface area contributed by atoms with Gasteiger partial charge in [-0.25, -0.2) is 9.59 Å². The van der Waals surface area contributed by atoms with Gasteiger partial charge in [0.25, 0.3) is 0 Å². The molecule has 10 atom stereocenters. The van der Waals surface area contributed by atoms with E-state index in [4.69, 9.17) is 18.9 Å². The van der Waals surface area contributed by atoms with E-state index < -0.39 is 82.5 Å². The van der Waals surface area contributed by atoms with Gasteiger partial charge >= 0.3 is 17.9 Å². The van der Waals surface area contributed by atoms with Crippen LogP contribution in [0.15, 0.2) is 71.8 Å². The van der Waals surface area contributed by atoms with E-state index in [1.807, 2.05) is 0 Å². The molecule has 47 heavy (non-hydrogen) atoms. The van der Waals surface area contributed by atoms with E-state index >= 15 is 0 Å². The first kappa shape index (κ1) is 33.3. The van der Waals surface area contributed by atoms with Crippen LogP contribution in [0.25, 0.3) is 0 Å². The van der Waals surface area contributed by atoms with Crippen molar-refractivity contribution in [3.63, 3.8) is 0 Å². The predicted molar refractivity (Wildman–Crippen MR) is 166 cm³/mol. The molecule has 0 aromatic heterocycles. The zero-order valence-electron chi connectivity index (χ0n) is 27.1. The third-order valence-corrected chi connectivity index (χ3v) is 11.2. The van der Waals surface area contributed by atoms with E-state index in [-0.39, 0.29) is 36.1 Å². The number of benzene rings is 2. The van der Waals surface area contributed by atoms with Crippen molar-refractivity contribution in [3.05, 3.63) is 82.9 Å². The van der Waals surface area contributed by atoms with Crippen LogP contribution in [0.3, 0.4) is 0 Å². The fraction of sp³-hybridized carbons (Fsp3) is 0.528. The van der Waals surface area contributed by atoms with Crippen molar-refractivity contribution in [1.82, 2.24) is 0 Å². The summed E-state index contributed by atoms with van der Waals surface area (Å²) >= 11 is 0. The molecule has 2 aromatic rings. The summed E-state index contributed by atoms with van der Waals surface area (Å²) in [4.78, 5) is 40.4. The molecule has 3 fully saturated rings. The van der Waals surface area contributed by atoms with Crippen LogP contribution in [0.5, 0.6) is 0 Å². The number of aliphatic hydroxyl groups excluding tert-OH is 3. The largest absolute Gasteiger partial charge is 0.458 e. The van der Waals surface area contributed by atoms with Gasteiger partial charge in [0, 0.05) is 18.8 Å². The molecule has 0 amide bonds. The van der Waals surface area contributed by atoms with Crippen LogP contribution in [-0.4, -0.2) is 92.8 Å². The van der Waals surface area contributed by atoms with Crippen LogP contribution in [-0.2, 0) is 23.7 Å². The second-order valence-corrected chi connectivity index (χ2v) is 14.1. The molecule has 252 valence electrons. The van der Waals surface area contributed by atoms with Crippen LogP contribution < -0.4 is 0 Å². The zero-order valence-corrected chi connectivity index (χ0v) is 27.1. The molecule has 0 radical (unpaired) electrons. The average molecular weight is 651 g/mol. The highest BCUT2D eigenvalue weighted by atomic mass is 16.6. The monoisotopic (exact) mass is 650 g/mol. The lowest BCUT2D eigenvalue weighted by atomic mass is 9.49. The van der Waals surface area contributed by atoms with Crippen molar-refractivity contribution in [2.24, 2.45) is 16.7 Å². The van der Waals surface area contributed by atoms with Gasteiger partial charge in [0.1, 0.15) is 24.4 Å². The molecule has 11 heteroatoms. The molecule has 3 aliphatic carbocycles. The Morgan fingerprint density at radius 3 is 1.96 bits per heavy atom. The van der Waals surface area contributed by atoms with Gasteiger partial charge in [-0.05, 0) is 62.6 Å². The summed E-state index contributed by atoms with van der Waals surface area (Å²) in [5.74, 6) is -3.35. The number of hydrogen-bond acceptors (Lipinski definition) is 11. The molecular formula is C36H42O11. The van der Waals surface area contributed by atoms with Crippen LogP contribution in [0.2, 0.25) is 0 Å². The number of rotatable bonds is 6. The van der Waals surface area contributed by atoms with Crippen LogP contribution in [0.1, 0.15) is 68.2 Å². The van der Waals surface area contributed by atoms with Gasteiger partial charge in [0.2, 0.25) is 0 Å². The molecule has 0 spiro atoms. The van der Waals surface area contributed by atoms with Crippen LogP contribution in [0, 0.1) is 16.7 Å². The molecule has 2 saturated carbocycles. The summed E-state index contributed by atoms with van der Waals surface area (Å²) in [7, 11) is 0. The van der Waals surface area contributed by atoms with Gasteiger partial charge in [-0.2, -0.15) is 0 Å². The maximum absolute atomic E-state index is 14.0. The molecule has 1 saturated heterocycles. The minimum Gasteiger partial charge on any atom is -0.458 e. The summed E-state index contributed by atoms with van der Waals surface area (Å²) in [5, 5.41) is 48.0. The molecule has 6 rings (SSSR count). The Morgan fingerprint density at radius 2 is 1.47 bits per heavy atom. The minimum absolute atomic E-state index is 0.0157. The second kappa shape index (κ2) is 11.5. The number of fused-ring (bicyclic) bond motifs is 4. The summed E-state index contributed by atoms with van der Waals surface area (Å²) in [5.41, 5.74) is -5.83. The predicted octanol–water partition coefficient (Wildman–Crippen LogP) is 2.74. The highest BCUT2D eigenvalue weighted by Crippen LogP contribution is 2.68. The lowest BCUT2D eigenvalue weighted by molar-refractivity contribution is -0.350. The highest BCUT2D eigenvalue weighted by Gasteiger charge is 2.79. The molecule has 2 aromatic carbocycles. The Kier molecular flexibility index (Phi) is 8.16. The minimum atomic E-state index is -1.79. The van der Waals surface area contributed by atoms with Gasteiger partial charge < -0.3 is 39.4 Å². The summed E-state index contributed by atoms with van der Waals surface area (Å²) in [6.07, 6.45) is -8.26. The topological polar surface area (TPSA) is 169 Å². The maximum atomic E-state index is 14.0. The third kappa shape index (κ3) is 4.85. The van der Waals surface area contributed by atoms with Crippen molar-refractivity contribution in [3.8, 4) is 0 Å². The average Bonchev–Trinajstić information content (AvgIpc) is 3.28. The summed E-state index contributed by atoms with van der Waals surface area (Å²) in [6, 6.07) is 16.5. The fourth-order valence-corrected chi connectivity index (χ4v) is 8.93. The third-order valence-electron chi connectivity index (χ3n) is 11.2.